The van der Waals surface area contributed by atoms with Crippen LogP contribution in [0.5, 0.6) is 5.75 Å². The van der Waals surface area contributed by atoms with E-state index in [-0.39, 0.29) is 23.8 Å². The van der Waals surface area contributed by atoms with Crippen LogP contribution in [0.2, 0.25) is 0 Å². The Morgan fingerprint density at radius 3 is 2.85 bits per heavy atom. The summed E-state index contributed by atoms with van der Waals surface area (Å²) in [4.78, 5) is 40.5. The molecule has 0 radical (unpaired) electrons. The predicted octanol–water partition coefficient (Wildman–Crippen LogP) is 1.01. The quantitative estimate of drug-likeness (QED) is 0.590. The number of nitrogens with one attached hydrogen (secondary N) is 1. The minimum atomic E-state index is -1.15. The fourth-order valence-corrected chi connectivity index (χ4v) is 4.46. The van der Waals surface area contributed by atoms with Crippen molar-refractivity contribution in [2.45, 2.75) is 17.7 Å². The molecule has 1 aromatic rings. The molecular weight excluding hydrogens is 370 g/mol. The van der Waals surface area contributed by atoms with E-state index in [2.05, 4.69) is 5.32 Å². The second-order valence-corrected chi connectivity index (χ2v) is 7.93. The standard InChI is InChI=1S/C18H23N3O5S/c1-18(12-5-4-6-13(9-12)25-2)16(23)21(17(24)19-18)11-20-7-8-27-14(10-20)15(22)26-3/h4-6,9,14H,7-8,10-11H2,1-3H3,(H,19,24)/t14-,18+/m0/s1. The van der Waals surface area contributed by atoms with Crippen LogP contribution >= 0.6 is 11.8 Å². The van der Waals surface area contributed by atoms with Crippen LogP contribution in [-0.2, 0) is 19.9 Å². The molecule has 0 aliphatic carbocycles. The summed E-state index contributed by atoms with van der Waals surface area (Å²) >= 11 is 1.53. The molecular formula is C18H23N3O5S. The van der Waals surface area contributed by atoms with Gasteiger partial charge in [-0.15, -0.1) is 11.8 Å². The summed E-state index contributed by atoms with van der Waals surface area (Å²) < 4.78 is 10.0. The average molecular weight is 393 g/mol. The fourth-order valence-electron chi connectivity index (χ4n) is 3.26. The highest BCUT2D eigenvalue weighted by Gasteiger charge is 2.49. The number of rotatable bonds is 5. The molecule has 2 atom stereocenters. The van der Waals surface area contributed by atoms with Gasteiger partial charge in [0.25, 0.3) is 5.91 Å². The Hall–Kier alpha value is -2.26. The summed E-state index contributed by atoms with van der Waals surface area (Å²) in [5.74, 6) is 0.733. The molecule has 0 unspecified atom stereocenters. The van der Waals surface area contributed by atoms with E-state index in [0.29, 0.717) is 24.4 Å². The van der Waals surface area contributed by atoms with E-state index in [4.69, 9.17) is 9.47 Å². The number of hydrogen-bond acceptors (Lipinski definition) is 7. The van der Waals surface area contributed by atoms with Gasteiger partial charge >= 0.3 is 12.0 Å². The topological polar surface area (TPSA) is 88.2 Å². The lowest BCUT2D eigenvalue weighted by Crippen LogP contribution is -2.49. The van der Waals surface area contributed by atoms with Crippen LogP contribution in [0.15, 0.2) is 24.3 Å². The molecule has 0 bridgehead atoms. The van der Waals surface area contributed by atoms with E-state index in [9.17, 15) is 14.4 Å². The van der Waals surface area contributed by atoms with E-state index in [0.717, 1.165) is 5.75 Å². The lowest BCUT2D eigenvalue weighted by molar-refractivity contribution is -0.140. The summed E-state index contributed by atoms with van der Waals surface area (Å²) in [6, 6.07) is 6.65. The zero-order chi connectivity index (χ0) is 19.6. The smallest absolute Gasteiger partial charge is 0.326 e. The van der Waals surface area contributed by atoms with Crippen LogP contribution in [0, 0.1) is 0 Å². The molecule has 27 heavy (non-hydrogen) atoms. The molecule has 2 heterocycles. The molecule has 1 aromatic carbocycles. The van der Waals surface area contributed by atoms with Gasteiger partial charge < -0.3 is 14.8 Å². The number of thioether (sulfide) groups is 1. The number of amides is 3. The monoisotopic (exact) mass is 393 g/mol. The highest BCUT2D eigenvalue weighted by atomic mass is 32.2. The number of benzene rings is 1. The maximum absolute atomic E-state index is 13.1. The average Bonchev–Trinajstić information content (AvgIpc) is 2.91. The molecule has 146 valence electrons. The molecule has 0 saturated carbocycles. The zero-order valence-electron chi connectivity index (χ0n) is 15.6. The zero-order valence-corrected chi connectivity index (χ0v) is 16.4. The van der Waals surface area contributed by atoms with E-state index < -0.39 is 11.6 Å². The number of carbonyl (C=O) groups excluding carboxylic acids is 3. The summed E-state index contributed by atoms with van der Waals surface area (Å²) in [6.07, 6.45) is 0. The molecule has 0 spiro atoms. The van der Waals surface area contributed by atoms with E-state index >= 15 is 0 Å². The molecule has 9 heteroatoms. The lowest BCUT2D eigenvalue weighted by Gasteiger charge is -2.33. The fraction of sp³-hybridized carbons (Fsp3) is 0.500. The summed E-state index contributed by atoms with van der Waals surface area (Å²) in [6.45, 7) is 2.94. The first-order valence-electron chi connectivity index (χ1n) is 8.59. The first kappa shape index (κ1) is 19.5. The lowest BCUT2D eigenvalue weighted by atomic mass is 9.92. The number of imide groups is 1. The SMILES string of the molecule is COC(=O)[C@@H]1CN(CN2C(=O)N[C@](C)(c3cccc(OC)c3)C2=O)CCS1. The van der Waals surface area contributed by atoms with Gasteiger partial charge in [0.2, 0.25) is 0 Å². The number of urea groups is 1. The normalized spacial score (nSPS) is 26.0. The second kappa shape index (κ2) is 7.77. The van der Waals surface area contributed by atoms with Crippen molar-refractivity contribution in [3.05, 3.63) is 29.8 Å². The predicted molar refractivity (Wildman–Crippen MR) is 100 cm³/mol. The highest BCUT2D eigenvalue weighted by Crippen LogP contribution is 2.31. The minimum absolute atomic E-state index is 0.137. The summed E-state index contributed by atoms with van der Waals surface area (Å²) in [7, 11) is 2.91. The number of carbonyl (C=O) groups is 3. The molecule has 2 saturated heterocycles. The Labute approximate surface area is 162 Å². The van der Waals surface area contributed by atoms with Crippen molar-refractivity contribution < 1.29 is 23.9 Å². The van der Waals surface area contributed by atoms with Gasteiger partial charge in [-0.05, 0) is 24.6 Å². The van der Waals surface area contributed by atoms with Crippen molar-refractivity contribution in [2.24, 2.45) is 0 Å². The third kappa shape index (κ3) is 3.74. The molecule has 2 fully saturated rings. The van der Waals surface area contributed by atoms with Crippen molar-refractivity contribution in [1.82, 2.24) is 15.1 Å². The summed E-state index contributed by atoms with van der Waals surface area (Å²) in [5.41, 5.74) is -0.498. The molecule has 8 nitrogen and oxygen atoms in total. The molecule has 1 N–H and O–H groups in total. The van der Waals surface area contributed by atoms with Gasteiger partial charge in [0.15, 0.2) is 0 Å². The first-order valence-corrected chi connectivity index (χ1v) is 9.64. The molecule has 2 aliphatic rings. The third-order valence-corrected chi connectivity index (χ3v) is 6.04. The molecule has 3 rings (SSSR count). The summed E-state index contributed by atoms with van der Waals surface area (Å²) in [5, 5.41) is 2.48. The maximum Gasteiger partial charge on any atom is 0.326 e. The van der Waals surface area contributed by atoms with Crippen LogP contribution in [-0.4, -0.2) is 72.7 Å². The molecule has 2 aliphatic heterocycles. The van der Waals surface area contributed by atoms with Crippen molar-refractivity contribution in [3.63, 3.8) is 0 Å². The van der Waals surface area contributed by atoms with Crippen molar-refractivity contribution >= 4 is 29.7 Å². The van der Waals surface area contributed by atoms with Crippen molar-refractivity contribution in [3.8, 4) is 5.75 Å². The van der Waals surface area contributed by atoms with Gasteiger partial charge in [-0.2, -0.15) is 0 Å². The van der Waals surface area contributed by atoms with Crippen LogP contribution in [0.1, 0.15) is 12.5 Å². The van der Waals surface area contributed by atoms with Gasteiger partial charge in [-0.1, -0.05) is 12.1 Å². The van der Waals surface area contributed by atoms with Gasteiger partial charge in [0.05, 0.1) is 20.9 Å². The number of hydrogen-bond donors (Lipinski definition) is 1. The number of methoxy groups -OCH3 is 2. The van der Waals surface area contributed by atoms with Crippen LogP contribution < -0.4 is 10.1 Å². The second-order valence-electron chi connectivity index (χ2n) is 6.62. The molecule has 0 aromatic heterocycles. The van der Waals surface area contributed by atoms with Crippen LogP contribution in [0.3, 0.4) is 0 Å². The Balaban J connectivity index is 1.75. The maximum atomic E-state index is 13.1. The number of esters is 1. The number of ether oxygens (including phenoxy) is 2. The van der Waals surface area contributed by atoms with Crippen molar-refractivity contribution in [1.29, 1.82) is 0 Å². The largest absolute Gasteiger partial charge is 0.497 e. The highest BCUT2D eigenvalue weighted by molar-refractivity contribution is 8.00. The minimum Gasteiger partial charge on any atom is -0.497 e. The van der Waals surface area contributed by atoms with Crippen molar-refractivity contribution in [2.75, 3.05) is 39.7 Å². The Morgan fingerprint density at radius 1 is 1.37 bits per heavy atom. The van der Waals surface area contributed by atoms with Crippen LogP contribution in [0.25, 0.3) is 0 Å². The van der Waals surface area contributed by atoms with E-state index in [1.165, 1.54) is 23.8 Å². The van der Waals surface area contributed by atoms with Gasteiger partial charge in [0.1, 0.15) is 16.5 Å². The van der Waals surface area contributed by atoms with Gasteiger partial charge in [-0.25, -0.2) is 9.69 Å². The van der Waals surface area contributed by atoms with Gasteiger partial charge in [-0.3, -0.25) is 14.5 Å². The van der Waals surface area contributed by atoms with E-state index in [1.54, 1.807) is 38.3 Å². The van der Waals surface area contributed by atoms with Gasteiger partial charge in [0, 0.05) is 18.8 Å². The molecule has 3 amide bonds. The Morgan fingerprint density at radius 2 is 2.15 bits per heavy atom. The first-order chi connectivity index (χ1) is 12.9. The van der Waals surface area contributed by atoms with Crippen LogP contribution in [0.4, 0.5) is 4.79 Å². The Kier molecular flexibility index (Phi) is 5.61. The number of nitrogens with zero attached hydrogens (tertiary/aromatic N) is 2. The third-order valence-electron chi connectivity index (χ3n) is 4.88. The Bertz CT molecular complexity index is 758. The van der Waals surface area contributed by atoms with E-state index in [1.807, 2.05) is 4.90 Å².